The summed E-state index contributed by atoms with van der Waals surface area (Å²) in [5.74, 6) is 6.21. The number of cyclic esters (lactones) is 1. The molecular weight excluding hydrogens is 316 g/mol. The third-order valence-electron chi connectivity index (χ3n) is 4.17. The van der Waals surface area contributed by atoms with Crippen LogP contribution in [0.25, 0.3) is 0 Å². The number of carbonyl (C=O) groups excluding carboxylic acids is 2. The minimum Gasteiger partial charge on any atom is -0.447 e. The minimum atomic E-state index is -0.310. The summed E-state index contributed by atoms with van der Waals surface area (Å²) in [7, 11) is 0. The Bertz CT molecular complexity index is 637. The number of benzene rings is 1. The number of ether oxygens (including phenoxy) is 1. The number of nitrogens with zero attached hydrogens (tertiary/aromatic N) is 1. The lowest BCUT2D eigenvalue weighted by Crippen LogP contribution is -2.30. The highest BCUT2D eigenvalue weighted by molar-refractivity contribution is 5.89. The molecule has 0 atom stereocenters. The first kappa shape index (κ1) is 18.9. The van der Waals surface area contributed by atoms with Crippen molar-refractivity contribution in [3.8, 4) is 11.8 Å². The van der Waals surface area contributed by atoms with Gasteiger partial charge in [-0.05, 0) is 37.1 Å². The summed E-state index contributed by atoms with van der Waals surface area (Å²) < 4.78 is 4.92. The van der Waals surface area contributed by atoms with Crippen LogP contribution in [0.2, 0.25) is 0 Å². The van der Waals surface area contributed by atoms with Crippen molar-refractivity contribution in [2.24, 2.45) is 5.92 Å². The predicted molar refractivity (Wildman–Crippen MR) is 98.3 cm³/mol. The van der Waals surface area contributed by atoms with Gasteiger partial charge in [0.05, 0.1) is 13.1 Å². The average molecular weight is 342 g/mol. The Labute approximate surface area is 149 Å². The Morgan fingerprint density at radius 2 is 1.92 bits per heavy atom. The predicted octanol–water partition coefficient (Wildman–Crippen LogP) is 3.33. The van der Waals surface area contributed by atoms with Gasteiger partial charge in [-0.3, -0.25) is 9.69 Å². The fourth-order valence-corrected chi connectivity index (χ4v) is 2.88. The van der Waals surface area contributed by atoms with E-state index < -0.39 is 0 Å². The van der Waals surface area contributed by atoms with Gasteiger partial charge in [0.2, 0.25) is 5.91 Å². The molecule has 1 heterocycles. The van der Waals surface area contributed by atoms with Gasteiger partial charge in [0.15, 0.2) is 0 Å². The second-order valence-corrected chi connectivity index (χ2v) is 6.11. The van der Waals surface area contributed by atoms with Crippen LogP contribution in [-0.4, -0.2) is 31.7 Å². The van der Waals surface area contributed by atoms with Crippen LogP contribution in [0.5, 0.6) is 0 Å². The fourth-order valence-electron chi connectivity index (χ4n) is 2.88. The van der Waals surface area contributed by atoms with E-state index in [-0.39, 0.29) is 17.9 Å². The maximum absolute atomic E-state index is 12.1. The van der Waals surface area contributed by atoms with E-state index in [9.17, 15) is 9.59 Å². The lowest BCUT2D eigenvalue weighted by atomic mass is 9.97. The normalized spacial score (nSPS) is 13.4. The molecule has 2 amide bonds. The molecule has 25 heavy (non-hydrogen) atoms. The lowest BCUT2D eigenvalue weighted by molar-refractivity contribution is -0.125. The molecule has 134 valence electrons. The highest BCUT2D eigenvalue weighted by Gasteiger charge is 2.23. The first-order valence-corrected chi connectivity index (χ1v) is 8.96. The summed E-state index contributed by atoms with van der Waals surface area (Å²) in [6.07, 6.45) is 3.57. The van der Waals surface area contributed by atoms with Crippen LogP contribution in [0.3, 0.4) is 0 Å². The molecule has 0 aromatic heterocycles. The van der Waals surface area contributed by atoms with Crippen molar-refractivity contribution in [2.75, 3.05) is 24.6 Å². The number of hydrogen-bond acceptors (Lipinski definition) is 3. The molecule has 2 rings (SSSR count). The molecule has 1 aliphatic rings. The quantitative estimate of drug-likeness (QED) is 0.773. The van der Waals surface area contributed by atoms with Gasteiger partial charge in [0.25, 0.3) is 0 Å². The third kappa shape index (κ3) is 5.53. The number of nitrogens with one attached hydrogen (secondary N) is 1. The zero-order valence-corrected chi connectivity index (χ0v) is 15.0. The molecule has 1 aromatic rings. The van der Waals surface area contributed by atoms with Gasteiger partial charge in [-0.15, -0.1) is 0 Å². The van der Waals surface area contributed by atoms with E-state index in [2.05, 4.69) is 31.0 Å². The summed E-state index contributed by atoms with van der Waals surface area (Å²) in [6, 6.07) is 7.45. The molecule has 0 unspecified atom stereocenters. The molecule has 5 nitrogen and oxygen atoms in total. The van der Waals surface area contributed by atoms with Crippen molar-refractivity contribution >= 4 is 17.7 Å². The highest BCUT2D eigenvalue weighted by atomic mass is 16.6. The van der Waals surface area contributed by atoms with Crippen molar-refractivity contribution in [3.63, 3.8) is 0 Å². The van der Waals surface area contributed by atoms with Crippen LogP contribution in [0.15, 0.2) is 24.3 Å². The largest absolute Gasteiger partial charge is 0.447 e. The molecule has 1 saturated heterocycles. The summed E-state index contributed by atoms with van der Waals surface area (Å²) in [6.45, 7) is 5.55. The number of rotatable bonds is 7. The van der Waals surface area contributed by atoms with Crippen LogP contribution in [0.1, 0.15) is 45.1 Å². The molecule has 0 radical (unpaired) electrons. The Balaban J connectivity index is 1.84. The number of amides is 2. The van der Waals surface area contributed by atoms with Crippen LogP contribution >= 0.6 is 0 Å². The van der Waals surface area contributed by atoms with Crippen LogP contribution in [-0.2, 0) is 9.53 Å². The monoisotopic (exact) mass is 342 g/mol. The van der Waals surface area contributed by atoms with Crippen LogP contribution in [0, 0.1) is 17.8 Å². The molecule has 0 saturated carbocycles. The van der Waals surface area contributed by atoms with Gasteiger partial charge in [-0.2, -0.15) is 0 Å². The first-order valence-electron chi connectivity index (χ1n) is 8.96. The molecule has 5 heteroatoms. The van der Waals surface area contributed by atoms with E-state index >= 15 is 0 Å². The lowest BCUT2D eigenvalue weighted by Gasteiger charge is -2.13. The molecule has 1 fully saturated rings. The Hall–Kier alpha value is -2.48. The molecule has 0 bridgehead atoms. The van der Waals surface area contributed by atoms with Crippen molar-refractivity contribution in [2.45, 2.75) is 39.5 Å². The SMILES string of the molecule is CCCC(CCC)C(=O)NCC#Cc1ccc(N2CCOC2=O)cc1. The fraction of sp³-hybridized carbons (Fsp3) is 0.500. The Kier molecular flexibility index (Phi) is 7.34. The molecule has 0 spiro atoms. The standard InChI is InChI=1S/C20H26N2O3/c1-3-6-17(7-4-2)19(23)21-13-5-8-16-9-11-18(12-10-16)22-14-15-25-20(22)24/h9-12,17H,3-4,6-7,13-15H2,1-2H3,(H,21,23). The second kappa shape index (κ2) is 9.73. The van der Waals surface area contributed by atoms with Crippen LogP contribution in [0.4, 0.5) is 10.5 Å². The number of hydrogen-bond donors (Lipinski definition) is 1. The van der Waals surface area contributed by atoms with E-state index in [1.165, 1.54) is 0 Å². The van der Waals surface area contributed by atoms with Crippen molar-refractivity contribution in [1.82, 2.24) is 5.32 Å². The maximum atomic E-state index is 12.1. The number of anilines is 1. The van der Waals surface area contributed by atoms with E-state index in [0.717, 1.165) is 36.9 Å². The van der Waals surface area contributed by atoms with Gasteiger partial charge in [0, 0.05) is 17.2 Å². The van der Waals surface area contributed by atoms with E-state index in [1.807, 2.05) is 24.3 Å². The molecule has 1 N–H and O–H groups in total. The zero-order valence-electron chi connectivity index (χ0n) is 15.0. The average Bonchev–Trinajstić information content (AvgIpc) is 3.05. The van der Waals surface area contributed by atoms with Gasteiger partial charge in [-0.1, -0.05) is 38.5 Å². The maximum Gasteiger partial charge on any atom is 0.414 e. The van der Waals surface area contributed by atoms with Gasteiger partial charge in [0.1, 0.15) is 6.61 Å². The van der Waals surface area contributed by atoms with E-state index in [1.54, 1.807) is 4.90 Å². The Morgan fingerprint density at radius 1 is 1.24 bits per heavy atom. The summed E-state index contributed by atoms with van der Waals surface area (Å²) in [4.78, 5) is 25.2. The highest BCUT2D eigenvalue weighted by Crippen LogP contribution is 2.18. The molecule has 0 aliphatic carbocycles. The zero-order chi connectivity index (χ0) is 18.1. The van der Waals surface area contributed by atoms with Crippen LogP contribution < -0.4 is 10.2 Å². The molecule has 1 aromatic carbocycles. The van der Waals surface area contributed by atoms with Crippen molar-refractivity contribution in [3.05, 3.63) is 29.8 Å². The molecular formula is C20H26N2O3. The van der Waals surface area contributed by atoms with E-state index in [0.29, 0.717) is 19.7 Å². The summed E-state index contributed by atoms with van der Waals surface area (Å²) in [5.41, 5.74) is 1.66. The Morgan fingerprint density at radius 3 is 2.48 bits per heavy atom. The topological polar surface area (TPSA) is 58.6 Å². The first-order chi connectivity index (χ1) is 12.2. The molecule has 1 aliphatic heterocycles. The van der Waals surface area contributed by atoms with Crippen molar-refractivity contribution < 1.29 is 14.3 Å². The minimum absolute atomic E-state index is 0.0938. The number of carbonyl (C=O) groups is 2. The van der Waals surface area contributed by atoms with Crippen molar-refractivity contribution in [1.29, 1.82) is 0 Å². The summed E-state index contributed by atoms with van der Waals surface area (Å²) in [5, 5.41) is 2.90. The van der Waals surface area contributed by atoms with Gasteiger partial charge in [-0.25, -0.2) is 4.79 Å². The second-order valence-electron chi connectivity index (χ2n) is 6.11. The van der Waals surface area contributed by atoms with Gasteiger partial charge >= 0.3 is 6.09 Å². The van der Waals surface area contributed by atoms with E-state index in [4.69, 9.17) is 4.74 Å². The van der Waals surface area contributed by atoms with Gasteiger partial charge < -0.3 is 10.1 Å². The third-order valence-corrected chi connectivity index (χ3v) is 4.17. The summed E-state index contributed by atoms with van der Waals surface area (Å²) >= 11 is 0. The smallest absolute Gasteiger partial charge is 0.414 e.